The van der Waals surface area contributed by atoms with Crippen molar-refractivity contribution in [2.75, 3.05) is 13.7 Å². The summed E-state index contributed by atoms with van der Waals surface area (Å²) < 4.78 is 10.8. The maximum Gasteiger partial charge on any atom is 0.325 e. The highest BCUT2D eigenvalue weighted by Crippen LogP contribution is 2.28. The van der Waals surface area contributed by atoms with Gasteiger partial charge in [-0.05, 0) is 31.5 Å². The van der Waals surface area contributed by atoms with E-state index in [1.807, 2.05) is 0 Å². The second-order valence-corrected chi connectivity index (χ2v) is 4.60. The van der Waals surface area contributed by atoms with Crippen LogP contribution < -0.4 is 14.8 Å². The molecule has 0 aromatic heterocycles. The second-order valence-electron chi connectivity index (χ2n) is 4.60. The molecule has 0 heterocycles. The van der Waals surface area contributed by atoms with Crippen molar-refractivity contribution in [3.63, 3.8) is 0 Å². The lowest BCUT2D eigenvalue weighted by atomic mass is 10.1. The molecule has 0 saturated carbocycles. The van der Waals surface area contributed by atoms with Crippen molar-refractivity contribution in [2.24, 2.45) is 0 Å². The first kappa shape index (κ1) is 16.8. The quantitative estimate of drug-likeness (QED) is 0.717. The molecule has 0 aliphatic heterocycles. The number of rotatable bonds is 8. The Morgan fingerprint density at radius 2 is 2.05 bits per heavy atom. The number of methoxy groups -OCH3 is 1. The van der Waals surface area contributed by atoms with Gasteiger partial charge in [-0.15, -0.1) is 0 Å². The molecule has 0 spiro atoms. The highest BCUT2D eigenvalue weighted by Gasteiger charge is 2.16. The van der Waals surface area contributed by atoms with Crippen LogP contribution in [0.1, 0.15) is 37.0 Å². The summed E-state index contributed by atoms with van der Waals surface area (Å²) in [5, 5.41) is 11.2. The Labute approximate surface area is 124 Å². The molecule has 1 aromatic rings. The molecule has 0 aliphatic carbocycles. The van der Waals surface area contributed by atoms with Gasteiger partial charge in [0.25, 0.3) is 5.91 Å². The summed E-state index contributed by atoms with van der Waals surface area (Å²) in [4.78, 5) is 22.7. The number of carboxylic acid groups (broad SMARTS) is 1. The largest absolute Gasteiger partial charge is 0.493 e. The maximum atomic E-state index is 11.9. The molecule has 0 fully saturated rings. The van der Waals surface area contributed by atoms with E-state index < -0.39 is 17.9 Å². The minimum absolute atomic E-state index is 0.322. The minimum atomic E-state index is -1.09. The van der Waals surface area contributed by atoms with Crippen molar-refractivity contribution >= 4 is 11.9 Å². The standard InChI is InChI=1S/C15H21NO5/c1-4-5-8-21-12-7-6-11(9-13(12)20-3)14(17)16-10(2)15(18)19/h6-7,9-10H,4-5,8H2,1-3H3,(H,16,17)(H,18,19). The Hall–Kier alpha value is -2.24. The zero-order chi connectivity index (χ0) is 15.8. The van der Waals surface area contributed by atoms with Gasteiger partial charge >= 0.3 is 5.97 Å². The fourth-order valence-electron chi connectivity index (χ4n) is 1.60. The topological polar surface area (TPSA) is 84.9 Å². The third-order valence-electron chi connectivity index (χ3n) is 2.90. The first-order valence-corrected chi connectivity index (χ1v) is 6.84. The summed E-state index contributed by atoms with van der Waals surface area (Å²) in [5.74, 6) is -0.548. The van der Waals surface area contributed by atoms with E-state index in [9.17, 15) is 9.59 Å². The van der Waals surface area contributed by atoms with Crippen molar-refractivity contribution in [1.29, 1.82) is 0 Å². The molecule has 0 aliphatic rings. The van der Waals surface area contributed by atoms with Gasteiger partial charge in [-0.2, -0.15) is 0 Å². The van der Waals surface area contributed by atoms with E-state index in [1.165, 1.54) is 20.1 Å². The van der Waals surface area contributed by atoms with Gasteiger partial charge in [0.2, 0.25) is 0 Å². The first-order chi connectivity index (χ1) is 9.99. The molecular formula is C15H21NO5. The average molecular weight is 295 g/mol. The van der Waals surface area contributed by atoms with E-state index in [-0.39, 0.29) is 0 Å². The fraction of sp³-hybridized carbons (Fsp3) is 0.467. The van der Waals surface area contributed by atoms with E-state index in [0.29, 0.717) is 23.7 Å². The van der Waals surface area contributed by atoms with E-state index in [2.05, 4.69) is 12.2 Å². The molecule has 6 nitrogen and oxygen atoms in total. The molecule has 0 bridgehead atoms. The van der Waals surface area contributed by atoms with Crippen LogP contribution in [0.5, 0.6) is 11.5 Å². The van der Waals surface area contributed by atoms with Crippen LogP contribution in [-0.4, -0.2) is 36.7 Å². The minimum Gasteiger partial charge on any atom is -0.493 e. The Morgan fingerprint density at radius 3 is 2.62 bits per heavy atom. The summed E-state index contributed by atoms with van der Waals surface area (Å²) in [6.07, 6.45) is 1.96. The number of hydrogen-bond acceptors (Lipinski definition) is 4. The van der Waals surface area contributed by atoms with Crippen LogP contribution in [0.3, 0.4) is 0 Å². The molecule has 0 saturated heterocycles. The number of benzene rings is 1. The molecule has 2 N–H and O–H groups in total. The number of amides is 1. The van der Waals surface area contributed by atoms with Crippen molar-refractivity contribution in [1.82, 2.24) is 5.32 Å². The van der Waals surface area contributed by atoms with Crippen molar-refractivity contribution in [2.45, 2.75) is 32.7 Å². The van der Waals surface area contributed by atoms with Crippen LogP contribution in [0.15, 0.2) is 18.2 Å². The number of carbonyl (C=O) groups excluding carboxylic acids is 1. The third-order valence-corrected chi connectivity index (χ3v) is 2.90. The molecule has 1 atom stereocenters. The summed E-state index contributed by atoms with van der Waals surface area (Å²) in [7, 11) is 1.49. The number of carboxylic acids is 1. The first-order valence-electron chi connectivity index (χ1n) is 6.84. The maximum absolute atomic E-state index is 11.9. The van der Waals surface area contributed by atoms with E-state index >= 15 is 0 Å². The molecule has 116 valence electrons. The van der Waals surface area contributed by atoms with Gasteiger partial charge < -0.3 is 19.9 Å². The zero-order valence-corrected chi connectivity index (χ0v) is 12.5. The summed E-state index contributed by atoms with van der Waals surface area (Å²) in [5.41, 5.74) is 0.322. The monoisotopic (exact) mass is 295 g/mol. The fourth-order valence-corrected chi connectivity index (χ4v) is 1.60. The van der Waals surface area contributed by atoms with Crippen LogP contribution >= 0.6 is 0 Å². The highest BCUT2D eigenvalue weighted by atomic mass is 16.5. The number of carbonyl (C=O) groups is 2. The number of aliphatic carboxylic acids is 1. The summed E-state index contributed by atoms with van der Waals surface area (Å²) in [6, 6.07) is 3.80. The summed E-state index contributed by atoms with van der Waals surface area (Å²) in [6.45, 7) is 4.05. The number of nitrogens with one attached hydrogen (secondary N) is 1. The lowest BCUT2D eigenvalue weighted by molar-refractivity contribution is -0.138. The van der Waals surface area contributed by atoms with E-state index in [4.69, 9.17) is 14.6 Å². The van der Waals surface area contributed by atoms with Gasteiger partial charge in [-0.25, -0.2) is 0 Å². The zero-order valence-electron chi connectivity index (χ0n) is 12.5. The lowest BCUT2D eigenvalue weighted by Crippen LogP contribution is -2.38. The lowest BCUT2D eigenvalue weighted by Gasteiger charge is -2.13. The van der Waals surface area contributed by atoms with Crippen molar-refractivity contribution in [3.8, 4) is 11.5 Å². The van der Waals surface area contributed by atoms with Crippen LogP contribution in [-0.2, 0) is 4.79 Å². The van der Waals surface area contributed by atoms with Gasteiger partial charge in [0, 0.05) is 5.56 Å². The third kappa shape index (κ3) is 4.98. The molecule has 1 aromatic carbocycles. The predicted octanol–water partition coefficient (Wildman–Crippen LogP) is 2.08. The Morgan fingerprint density at radius 1 is 1.33 bits per heavy atom. The van der Waals surface area contributed by atoms with Crippen LogP contribution in [0.4, 0.5) is 0 Å². The van der Waals surface area contributed by atoms with Gasteiger partial charge in [-0.3, -0.25) is 9.59 Å². The number of hydrogen-bond donors (Lipinski definition) is 2. The Bertz CT molecular complexity index is 501. The summed E-state index contributed by atoms with van der Waals surface area (Å²) >= 11 is 0. The predicted molar refractivity (Wildman–Crippen MR) is 78.0 cm³/mol. The van der Waals surface area contributed by atoms with Gasteiger partial charge in [-0.1, -0.05) is 13.3 Å². The SMILES string of the molecule is CCCCOc1ccc(C(=O)NC(C)C(=O)O)cc1OC. The normalized spacial score (nSPS) is 11.6. The molecule has 1 amide bonds. The van der Waals surface area contributed by atoms with E-state index in [1.54, 1.807) is 12.1 Å². The number of ether oxygens (including phenoxy) is 2. The van der Waals surface area contributed by atoms with Gasteiger partial charge in [0.15, 0.2) is 11.5 Å². The molecule has 6 heteroatoms. The van der Waals surface area contributed by atoms with Gasteiger partial charge in [0.05, 0.1) is 13.7 Å². The second kappa shape index (κ2) is 8.14. The average Bonchev–Trinajstić information content (AvgIpc) is 2.47. The Balaban J connectivity index is 2.81. The Kier molecular flexibility index (Phi) is 6.52. The van der Waals surface area contributed by atoms with Gasteiger partial charge in [0.1, 0.15) is 6.04 Å². The highest BCUT2D eigenvalue weighted by molar-refractivity contribution is 5.97. The molecular weight excluding hydrogens is 274 g/mol. The smallest absolute Gasteiger partial charge is 0.325 e. The molecule has 1 rings (SSSR count). The molecule has 1 unspecified atom stereocenters. The molecule has 21 heavy (non-hydrogen) atoms. The van der Waals surface area contributed by atoms with Crippen molar-refractivity contribution in [3.05, 3.63) is 23.8 Å². The van der Waals surface area contributed by atoms with Crippen molar-refractivity contribution < 1.29 is 24.2 Å². The number of unbranched alkanes of at least 4 members (excludes halogenated alkanes) is 1. The van der Waals surface area contributed by atoms with Crippen LogP contribution in [0.2, 0.25) is 0 Å². The van der Waals surface area contributed by atoms with Crippen LogP contribution in [0.25, 0.3) is 0 Å². The van der Waals surface area contributed by atoms with E-state index in [0.717, 1.165) is 12.8 Å². The van der Waals surface area contributed by atoms with Crippen LogP contribution in [0, 0.1) is 0 Å². The molecule has 0 radical (unpaired) electrons.